The minimum atomic E-state index is -4.66. The van der Waals surface area contributed by atoms with E-state index in [0.29, 0.717) is 17.2 Å². The van der Waals surface area contributed by atoms with Gasteiger partial charge < -0.3 is 15.2 Å². The van der Waals surface area contributed by atoms with E-state index < -0.39 is 19.1 Å². The molecule has 1 aromatic rings. The van der Waals surface area contributed by atoms with Gasteiger partial charge in [0.05, 0.1) is 6.61 Å². The number of ether oxygens (including phenoxy) is 3. The van der Waals surface area contributed by atoms with Gasteiger partial charge in [-0.2, -0.15) is 0 Å². The van der Waals surface area contributed by atoms with E-state index >= 15 is 0 Å². The monoisotopic (exact) mass is 249 g/mol. The number of nitrogen functional groups attached to an aromatic ring is 1. The summed E-state index contributed by atoms with van der Waals surface area (Å²) in [6, 6.07) is 4.68. The van der Waals surface area contributed by atoms with Crippen LogP contribution in [0.5, 0.6) is 11.5 Å². The van der Waals surface area contributed by atoms with E-state index in [1.54, 1.807) is 18.2 Å². The topological polar surface area (TPSA) is 53.7 Å². The van der Waals surface area contributed by atoms with E-state index in [1.165, 1.54) is 0 Å². The maximum Gasteiger partial charge on any atom is 0.522 e. The van der Waals surface area contributed by atoms with Gasteiger partial charge in [-0.1, -0.05) is 0 Å². The lowest BCUT2D eigenvalue weighted by Crippen LogP contribution is -2.35. The number of nitrogens with two attached hydrogens (primary N) is 1. The number of benzene rings is 1. The van der Waals surface area contributed by atoms with Crippen LogP contribution < -0.4 is 15.2 Å². The van der Waals surface area contributed by atoms with Crippen molar-refractivity contribution in [3.05, 3.63) is 18.2 Å². The number of fused-ring (bicyclic) bond motifs is 1. The molecule has 1 unspecified atom stereocenters. The SMILES string of the molecule is Nc1ccc2c(c1)OCC(COC(F)(F)F)O2. The lowest BCUT2D eigenvalue weighted by molar-refractivity contribution is -0.330. The van der Waals surface area contributed by atoms with E-state index in [1.807, 2.05) is 0 Å². The molecule has 7 heteroatoms. The summed E-state index contributed by atoms with van der Waals surface area (Å²) in [5.74, 6) is 0.787. The van der Waals surface area contributed by atoms with Crippen molar-refractivity contribution in [1.82, 2.24) is 0 Å². The Kier molecular flexibility index (Phi) is 3.01. The van der Waals surface area contributed by atoms with Crippen LogP contribution in [0, 0.1) is 0 Å². The molecular weight excluding hydrogens is 239 g/mol. The molecular formula is C10H10F3NO3. The normalized spacial score (nSPS) is 19.1. The molecule has 0 amide bonds. The van der Waals surface area contributed by atoms with Crippen LogP contribution in [0.25, 0.3) is 0 Å². The lowest BCUT2D eigenvalue weighted by atomic mass is 10.2. The van der Waals surface area contributed by atoms with Gasteiger partial charge in [0, 0.05) is 11.8 Å². The van der Waals surface area contributed by atoms with Crippen LogP contribution in [0.15, 0.2) is 18.2 Å². The summed E-state index contributed by atoms with van der Waals surface area (Å²) in [7, 11) is 0. The Morgan fingerprint density at radius 1 is 1.35 bits per heavy atom. The molecule has 0 saturated carbocycles. The number of anilines is 1. The third-order valence-corrected chi connectivity index (χ3v) is 2.12. The molecule has 0 saturated heterocycles. The summed E-state index contributed by atoms with van der Waals surface area (Å²) in [4.78, 5) is 0. The van der Waals surface area contributed by atoms with Crippen LogP contribution >= 0.6 is 0 Å². The largest absolute Gasteiger partial charge is 0.522 e. The molecule has 1 heterocycles. The van der Waals surface area contributed by atoms with E-state index in [9.17, 15) is 13.2 Å². The average molecular weight is 249 g/mol. The van der Waals surface area contributed by atoms with E-state index in [-0.39, 0.29) is 6.61 Å². The number of hydrogen-bond acceptors (Lipinski definition) is 4. The Morgan fingerprint density at radius 2 is 2.12 bits per heavy atom. The first-order valence-corrected chi connectivity index (χ1v) is 4.84. The quantitative estimate of drug-likeness (QED) is 0.814. The zero-order chi connectivity index (χ0) is 12.5. The zero-order valence-electron chi connectivity index (χ0n) is 8.66. The number of rotatable bonds is 2. The maximum absolute atomic E-state index is 11.8. The second-order valence-electron chi connectivity index (χ2n) is 3.51. The predicted molar refractivity (Wildman–Crippen MR) is 52.8 cm³/mol. The first-order valence-electron chi connectivity index (χ1n) is 4.84. The Labute approximate surface area is 95.1 Å². The highest BCUT2D eigenvalue weighted by Gasteiger charge is 2.32. The third-order valence-electron chi connectivity index (χ3n) is 2.12. The van der Waals surface area contributed by atoms with E-state index in [4.69, 9.17) is 15.2 Å². The second kappa shape index (κ2) is 4.33. The molecule has 4 nitrogen and oxygen atoms in total. The minimum absolute atomic E-state index is 0.00741. The standard InChI is InChI=1S/C10H10F3NO3/c11-10(12,13)16-5-7-4-15-9-3-6(14)1-2-8(9)17-7/h1-3,7H,4-5,14H2. The molecule has 2 rings (SSSR count). The Balaban J connectivity index is 1.97. The van der Waals surface area contributed by atoms with Crippen molar-refractivity contribution < 1.29 is 27.4 Å². The van der Waals surface area contributed by atoms with Crippen molar-refractivity contribution in [1.29, 1.82) is 0 Å². The van der Waals surface area contributed by atoms with Crippen molar-refractivity contribution in [2.75, 3.05) is 18.9 Å². The molecule has 94 valence electrons. The lowest BCUT2D eigenvalue weighted by Gasteiger charge is -2.26. The summed E-state index contributed by atoms with van der Waals surface area (Å²) >= 11 is 0. The van der Waals surface area contributed by atoms with Crippen LogP contribution in [0.4, 0.5) is 18.9 Å². The molecule has 0 spiro atoms. The minimum Gasteiger partial charge on any atom is -0.486 e. The molecule has 0 bridgehead atoms. The Bertz CT molecular complexity index is 408. The number of halogens is 3. The molecule has 1 aromatic carbocycles. The summed E-state index contributed by atoms with van der Waals surface area (Å²) in [5.41, 5.74) is 6.02. The van der Waals surface area contributed by atoms with Gasteiger partial charge in [-0.25, -0.2) is 0 Å². The van der Waals surface area contributed by atoms with Crippen LogP contribution in [0.2, 0.25) is 0 Å². The van der Waals surface area contributed by atoms with E-state index in [0.717, 1.165) is 0 Å². The van der Waals surface area contributed by atoms with Crippen molar-refractivity contribution in [2.45, 2.75) is 12.5 Å². The van der Waals surface area contributed by atoms with Crippen molar-refractivity contribution in [3.8, 4) is 11.5 Å². The highest BCUT2D eigenvalue weighted by atomic mass is 19.4. The maximum atomic E-state index is 11.8. The molecule has 1 aliphatic heterocycles. The van der Waals surface area contributed by atoms with Gasteiger partial charge in [-0.05, 0) is 12.1 Å². The molecule has 1 aliphatic rings. The Hall–Kier alpha value is -1.63. The van der Waals surface area contributed by atoms with Crippen LogP contribution in [0.1, 0.15) is 0 Å². The van der Waals surface area contributed by atoms with Gasteiger partial charge in [0.25, 0.3) is 0 Å². The molecule has 0 aromatic heterocycles. The third kappa shape index (κ3) is 3.16. The summed E-state index contributed by atoms with van der Waals surface area (Å²) in [6.45, 7) is -0.611. The number of hydrogen-bond donors (Lipinski definition) is 1. The molecule has 0 aliphatic carbocycles. The fourth-order valence-corrected chi connectivity index (χ4v) is 1.40. The van der Waals surface area contributed by atoms with Gasteiger partial charge in [-0.3, -0.25) is 4.74 Å². The average Bonchev–Trinajstić information content (AvgIpc) is 2.25. The second-order valence-corrected chi connectivity index (χ2v) is 3.51. The molecule has 17 heavy (non-hydrogen) atoms. The van der Waals surface area contributed by atoms with Crippen molar-refractivity contribution in [2.24, 2.45) is 0 Å². The highest BCUT2D eigenvalue weighted by Crippen LogP contribution is 2.33. The van der Waals surface area contributed by atoms with Crippen molar-refractivity contribution >= 4 is 5.69 Å². The van der Waals surface area contributed by atoms with Gasteiger partial charge >= 0.3 is 6.36 Å². The first-order chi connectivity index (χ1) is 7.94. The van der Waals surface area contributed by atoms with Crippen LogP contribution in [-0.2, 0) is 4.74 Å². The van der Waals surface area contributed by atoms with Crippen molar-refractivity contribution in [3.63, 3.8) is 0 Å². The predicted octanol–water partition coefficient (Wildman–Crippen LogP) is 1.95. The summed E-state index contributed by atoms with van der Waals surface area (Å²) in [5, 5.41) is 0. The molecule has 1 atom stereocenters. The van der Waals surface area contributed by atoms with Crippen LogP contribution in [0.3, 0.4) is 0 Å². The molecule has 0 fully saturated rings. The van der Waals surface area contributed by atoms with E-state index in [2.05, 4.69) is 4.74 Å². The smallest absolute Gasteiger partial charge is 0.486 e. The Morgan fingerprint density at radius 3 is 2.82 bits per heavy atom. The van der Waals surface area contributed by atoms with Gasteiger partial charge in [0.2, 0.25) is 0 Å². The van der Waals surface area contributed by atoms with Gasteiger partial charge in [0.1, 0.15) is 6.61 Å². The summed E-state index contributed by atoms with van der Waals surface area (Å²) in [6.07, 6.45) is -5.45. The van der Waals surface area contributed by atoms with Gasteiger partial charge in [-0.15, -0.1) is 13.2 Å². The molecule has 2 N–H and O–H groups in total. The highest BCUT2D eigenvalue weighted by molar-refractivity contribution is 5.52. The zero-order valence-corrected chi connectivity index (χ0v) is 8.66. The first kappa shape index (κ1) is 11.8. The number of alkyl halides is 3. The fourth-order valence-electron chi connectivity index (χ4n) is 1.40. The molecule has 0 radical (unpaired) electrons. The van der Waals surface area contributed by atoms with Gasteiger partial charge in [0.15, 0.2) is 17.6 Å². The van der Waals surface area contributed by atoms with Crippen LogP contribution in [-0.4, -0.2) is 25.7 Å². The fraction of sp³-hybridized carbons (Fsp3) is 0.400. The summed E-state index contributed by atoms with van der Waals surface area (Å²) < 4.78 is 49.7.